The molecule has 5 rings (SSSR count). The molecule has 2 fully saturated rings. The maximum absolute atomic E-state index is 13.4. The smallest absolute Gasteiger partial charge is 0.339 e. The second kappa shape index (κ2) is 12.3. The molecule has 0 radical (unpaired) electrons. The van der Waals surface area contributed by atoms with Crippen molar-refractivity contribution in [3.8, 4) is 0 Å². The van der Waals surface area contributed by atoms with Crippen LogP contribution in [-0.4, -0.2) is 77.3 Å². The lowest BCUT2D eigenvalue weighted by atomic mass is 9.96. The number of rotatable bonds is 6. The van der Waals surface area contributed by atoms with E-state index in [1.165, 1.54) is 40.0 Å². The van der Waals surface area contributed by atoms with Crippen LogP contribution >= 0.6 is 11.3 Å². The van der Waals surface area contributed by atoms with E-state index < -0.39 is 17.6 Å². The summed E-state index contributed by atoms with van der Waals surface area (Å²) in [5.41, 5.74) is 0.382. The molecular weight excluding hydrogens is 537 g/mol. The van der Waals surface area contributed by atoms with E-state index in [2.05, 4.69) is 34.2 Å². The van der Waals surface area contributed by atoms with E-state index in [1.807, 2.05) is 23.1 Å². The molecule has 0 bridgehead atoms. The Morgan fingerprint density at radius 1 is 0.875 bits per heavy atom. The molecule has 1 aromatic heterocycles. The highest BCUT2D eigenvalue weighted by Gasteiger charge is 2.37. The van der Waals surface area contributed by atoms with Gasteiger partial charge in [0.1, 0.15) is 5.69 Å². The highest BCUT2D eigenvalue weighted by Crippen LogP contribution is 2.34. The topological polar surface area (TPSA) is 56.8 Å². The summed E-state index contributed by atoms with van der Waals surface area (Å²) >= 11 is 1.44. The van der Waals surface area contributed by atoms with Crippen LogP contribution in [-0.2, 0) is 6.18 Å². The van der Waals surface area contributed by atoms with Gasteiger partial charge >= 0.3 is 6.18 Å². The molecule has 0 atom stereocenters. The van der Waals surface area contributed by atoms with Crippen molar-refractivity contribution in [1.82, 2.24) is 19.7 Å². The Hall–Kier alpha value is -3.50. The summed E-state index contributed by atoms with van der Waals surface area (Å²) in [5.74, 6) is -0.601. The van der Waals surface area contributed by atoms with Gasteiger partial charge in [-0.2, -0.15) is 13.2 Å². The summed E-state index contributed by atoms with van der Waals surface area (Å²) in [7, 11) is 0. The van der Waals surface area contributed by atoms with E-state index in [1.54, 1.807) is 5.38 Å². The van der Waals surface area contributed by atoms with E-state index in [9.17, 15) is 22.8 Å². The normalized spacial score (nSPS) is 17.5. The van der Waals surface area contributed by atoms with Crippen LogP contribution in [0.3, 0.4) is 0 Å². The van der Waals surface area contributed by atoms with Gasteiger partial charge in [-0.15, -0.1) is 11.3 Å². The van der Waals surface area contributed by atoms with Crippen LogP contribution in [0.5, 0.6) is 0 Å². The first kappa shape index (κ1) is 28.0. The predicted molar refractivity (Wildman–Crippen MR) is 149 cm³/mol. The van der Waals surface area contributed by atoms with Gasteiger partial charge in [0.2, 0.25) is 0 Å². The number of halogens is 3. The van der Waals surface area contributed by atoms with Crippen LogP contribution in [0.2, 0.25) is 0 Å². The minimum Gasteiger partial charge on any atom is -0.339 e. The van der Waals surface area contributed by atoms with Crippen LogP contribution in [0, 0.1) is 0 Å². The maximum atomic E-state index is 13.4. The van der Waals surface area contributed by atoms with Crippen LogP contribution in [0.15, 0.2) is 66.1 Å². The summed E-state index contributed by atoms with van der Waals surface area (Å²) in [6.07, 6.45) is 0.858. The van der Waals surface area contributed by atoms with Crippen molar-refractivity contribution in [3.05, 3.63) is 93.4 Å². The number of aromatic nitrogens is 1. The number of carbonyl (C=O) groups is 2. The first-order valence-corrected chi connectivity index (χ1v) is 14.3. The van der Waals surface area contributed by atoms with Crippen molar-refractivity contribution in [3.63, 3.8) is 0 Å². The number of alkyl halides is 3. The molecule has 0 saturated carbocycles. The molecule has 6 nitrogen and oxygen atoms in total. The van der Waals surface area contributed by atoms with Crippen molar-refractivity contribution in [1.29, 1.82) is 0 Å². The van der Waals surface area contributed by atoms with Crippen molar-refractivity contribution in [2.45, 2.75) is 24.9 Å². The van der Waals surface area contributed by atoms with Crippen molar-refractivity contribution < 1.29 is 22.8 Å². The number of amides is 2. The molecule has 2 saturated heterocycles. The molecule has 0 unspecified atom stereocenters. The fourth-order valence-electron chi connectivity index (χ4n) is 5.19. The van der Waals surface area contributed by atoms with E-state index in [0.717, 1.165) is 30.7 Å². The minimum absolute atomic E-state index is 0.0710. The highest BCUT2D eigenvalue weighted by molar-refractivity contribution is 7.09. The van der Waals surface area contributed by atoms with Gasteiger partial charge in [0.05, 0.1) is 16.1 Å². The van der Waals surface area contributed by atoms with Gasteiger partial charge in [-0.05, 0) is 30.5 Å². The number of hydrogen-bond acceptors (Lipinski definition) is 5. The van der Waals surface area contributed by atoms with Gasteiger partial charge < -0.3 is 9.80 Å². The van der Waals surface area contributed by atoms with Crippen LogP contribution in [0.25, 0.3) is 6.08 Å². The monoisotopic (exact) mass is 568 g/mol. The molecular formula is C30H31F3N4O2S. The number of benzene rings is 2. The standard InChI is InChI=1S/C30H31F3N4O2S/c31-30(32,33)25-11-5-4-10-24(25)28(38)36-15-12-23(13-16-36)27-34-26(21-40-27)29(39)37-19-17-35(18-20-37)14-6-9-22-7-2-1-3-8-22/h1-11,21,23H,12-20H2. The second-order valence-corrected chi connectivity index (χ2v) is 11.0. The van der Waals surface area contributed by atoms with E-state index in [4.69, 9.17) is 0 Å². The van der Waals surface area contributed by atoms with Crippen LogP contribution < -0.4 is 0 Å². The molecule has 3 heterocycles. The Bertz CT molecular complexity index is 1340. The molecule has 2 aliphatic rings. The quantitative estimate of drug-likeness (QED) is 0.386. The zero-order valence-corrected chi connectivity index (χ0v) is 22.8. The Balaban J connectivity index is 1.11. The molecule has 2 amide bonds. The number of piperidine rings is 1. The highest BCUT2D eigenvalue weighted by atomic mass is 32.1. The Labute approximate surface area is 235 Å². The summed E-state index contributed by atoms with van der Waals surface area (Å²) in [5, 5.41) is 2.64. The number of nitrogens with zero attached hydrogens (tertiary/aromatic N) is 4. The van der Waals surface area contributed by atoms with E-state index in [-0.39, 0.29) is 17.4 Å². The average molecular weight is 569 g/mol. The van der Waals surface area contributed by atoms with Crippen molar-refractivity contribution >= 4 is 29.2 Å². The maximum Gasteiger partial charge on any atom is 0.417 e. The van der Waals surface area contributed by atoms with Gasteiger partial charge in [0.15, 0.2) is 0 Å². The molecule has 0 aliphatic carbocycles. The number of carbonyl (C=O) groups excluding carboxylic acids is 2. The van der Waals surface area contributed by atoms with Gasteiger partial charge in [-0.1, -0.05) is 54.6 Å². The molecule has 10 heteroatoms. The third-order valence-corrected chi connectivity index (χ3v) is 8.48. The first-order valence-electron chi connectivity index (χ1n) is 13.4. The van der Waals surface area contributed by atoms with Crippen molar-refractivity contribution in [2.24, 2.45) is 0 Å². The molecule has 0 N–H and O–H groups in total. The summed E-state index contributed by atoms with van der Waals surface area (Å²) in [4.78, 5) is 36.3. The molecule has 210 valence electrons. The molecule has 3 aromatic rings. The molecule has 2 aliphatic heterocycles. The lowest BCUT2D eigenvalue weighted by molar-refractivity contribution is -0.138. The lowest BCUT2D eigenvalue weighted by Crippen LogP contribution is -2.48. The van der Waals surface area contributed by atoms with Crippen molar-refractivity contribution in [2.75, 3.05) is 45.8 Å². The Morgan fingerprint density at radius 3 is 2.23 bits per heavy atom. The Kier molecular flexibility index (Phi) is 8.66. The van der Waals surface area contributed by atoms with Gasteiger partial charge in [0.25, 0.3) is 11.8 Å². The lowest BCUT2D eigenvalue weighted by Gasteiger charge is -2.33. The third kappa shape index (κ3) is 6.62. The molecule has 40 heavy (non-hydrogen) atoms. The second-order valence-electron chi connectivity index (χ2n) is 10.1. The third-order valence-electron chi connectivity index (χ3n) is 7.47. The summed E-state index contributed by atoms with van der Waals surface area (Å²) in [6, 6.07) is 15.1. The fourth-order valence-corrected chi connectivity index (χ4v) is 6.15. The number of piperazine rings is 1. The molecule has 0 spiro atoms. The van der Waals surface area contributed by atoms with Gasteiger partial charge in [-0.25, -0.2) is 4.98 Å². The number of likely N-dealkylation sites (tertiary alicyclic amines) is 1. The summed E-state index contributed by atoms with van der Waals surface area (Å²) < 4.78 is 40.1. The predicted octanol–water partition coefficient (Wildman–Crippen LogP) is 5.65. The first-order chi connectivity index (χ1) is 19.3. The van der Waals surface area contributed by atoms with Gasteiger partial charge in [-0.3, -0.25) is 14.5 Å². The van der Waals surface area contributed by atoms with E-state index in [0.29, 0.717) is 44.7 Å². The van der Waals surface area contributed by atoms with E-state index >= 15 is 0 Å². The van der Waals surface area contributed by atoms with Crippen LogP contribution in [0.1, 0.15) is 55.7 Å². The minimum atomic E-state index is -4.58. The summed E-state index contributed by atoms with van der Waals surface area (Å²) in [6.45, 7) is 4.41. The zero-order valence-electron chi connectivity index (χ0n) is 22.0. The SMILES string of the molecule is O=C(c1csc(C2CCN(C(=O)c3ccccc3C(F)(F)F)CC2)n1)N1CCN(CC=Cc2ccccc2)CC1. The van der Waals surface area contributed by atoms with Gasteiger partial charge in [0, 0.05) is 57.1 Å². The molecule has 2 aromatic carbocycles. The number of hydrogen-bond donors (Lipinski definition) is 0. The Morgan fingerprint density at radius 2 is 1.52 bits per heavy atom. The van der Waals surface area contributed by atoms with Crippen LogP contribution in [0.4, 0.5) is 13.2 Å². The average Bonchev–Trinajstić information content (AvgIpc) is 3.47. The zero-order chi connectivity index (χ0) is 28.1. The largest absolute Gasteiger partial charge is 0.417 e. The number of thiazole rings is 1. The fraction of sp³-hybridized carbons (Fsp3) is 0.367.